The number of ether oxygens (including phenoxy) is 1. The molecule has 0 aromatic rings. The molecular weight excluding hydrogens is 172 g/mol. The van der Waals surface area contributed by atoms with Gasteiger partial charge in [-0.1, -0.05) is 26.2 Å². The van der Waals surface area contributed by atoms with Gasteiger partial charge in [-0.05, 0) is 43.4 Å². The molecule has 2 aliphatic carbocycles. The lowest BCUT2D eigenvalue weighted by atomic mass is 9.60. The van der Waals surface area contributed by atoms with Gasteiger partial charge in [0.05, 0.1) is 6.10 Å². The largest absolute Gasteiger partial charge is 0.381 e. The third-order valence-electron chi connectivity index (χ3n) is 4.74. The van der Waals surface area contributed by atoms with E-state index in [2.05, 4.69) is 13.8 Å². The van der Waals surface area contributed by atoms with E-state index in [9.17, 15) is 0 Å². The van der Waals surface area contributed by atoms with Crippen molar-refractivity contribution >= 4 is 0 Å². The molecule has 0 spiro atoms. The Bertz CT molecular complexity index is 187. The molecular formula is C13H24O. The van der Waals surface area contributed by atoms with Crippen molar-refractivity contribution in [2.24, 2.45) is 17.3 Å². The number of hydrogen-bond donors (Lipinski definition) is 0. The zero-order valence-corrected chi connectivity index (χ0v) is 9.88. The van der Waals surface area contributed by atoms with Gasteiger partial charge in [-0.15, -0.1) is 0 Å². The fourth-order valence-electron chi connectivity index (χ4n) is 3.79. The van der Waals surface area contributed by atoms with Crippen molar-refractivity contribution in [3.05, 3.63) is 0 Å². The van der Waals surface area contributed by atoms with E-state index in [0.29, 0.717) is 11.5 Å². The van der Waals surface area contributed by atoms with E-state index in [4.69, 9.17) is 4.74 Å². The van der Waals surface area contributed by atoms with Gasteiger partial charge in [0.2, 0.25) is 0 Å². The van der Waals surface area contributed by atoms with Gasteiger partial charge in [0.1, 0.15) is 0 Å². The quantitative estimate of drug-likeness (QED) is 0.655. The summed E-state index contributed by atoms with van der Waals surface area (Å²) in [5.74, 6) is 2.01. The van der Waals surface area contributed by atoms with E-state index < -0.39 is 0 Å². The van der Waals surface area contributed by atoms with Crippen molar-refractivity contribution in [3.8, 4) is 0 Å². The molecule has 0 heterocycles. The average molecular weight is 196 g/mol. The van der Waals surface area contributed by atoms with E-state index in [1.165, 1.54) is 38.5 Å². The Morgan fingerprint density at radius 2 is 1.79 bits per heavy atom. The molecule has 0 aliphatic heterocycles. The number of hydrogen-bond acceptors (Lipinski definition) is 1. The summed E-state index contributed by atoms with van der Waals surface area (Å²) in [4.78, 5) is 0. The van der Waals surface area contributed by atoms with Crippen LogP contribution in [0.2, 0.25) is 0 Å². The molecule has 0 radical (unpaired) electrons. The Morgan fingerprint density at radius 1 is 1.21 bits per heavy atom. The van der Waals surface area contributed by atoms with Crippen LogP contribution in [0.25, 0.3) is 0 Å². The van der Waals surface area contributed by atoms with Gasteiger partial charge in [0.15, 0.2) is 0 Å². The minimum absolute atomic E-state index is 0.436. The maximum absolute atomic E-state index is 5.56. The van der Waals surface area contributed by atoms with Gasteiger partial charge in [0, 0.05) is 7.11 Å². The second-order valence-electron chi connectivity index (χ2n) is 5.84. The Balaban J connectivity index is 2.06. The van der Waals surface area contributed by atoms with Gasteiger partial charge in [0.25, 0.3) is 0 Å². The molecule has 2 saturated carbocycles. The molecule has 0 saturated heterocycles. The zero-order chi connectivity index (χ0) is 10.2. The Hall–Kier alpha value is -0.0400. The molecule has 14 heavy (non-hydrogen) atoms. The van der Waals surface area contributed by atoms with E-state index in [-0.39, 0.29) is 0 Å². The topological polar surface area (TPSA) is 9.23 Å². The summed E-state index contributed by atoms with van der Waals surface area (Å²) in [6, 6.07) is 0. The summed E-state index contributed by atoms with van der Waals surface area (Å²) in [6.07, 6.45) is 9.17. The average Bonchev–Trinajstić information content (AvgIpc) is 2.15. The monoisotopic (exact) mass is 196 g/mol. The molecule has 2 aliphatic rings. The summed E-state index contributed by atoms with van der Waals surface area (Å²) < 4.78 is 5.56. The highest BCUT2D eigenvalue weighted by Crippen LogP contribution is 2.50. The van der Waals surface area contributed by atoms with Crippen LogP contribution in [-0.4, -0.2) is 13.2 Å². The van der Waals surface area contributed by atoms with Crippen LogP contribution in [-0.2, 0) is 4.74 Å². The standard InChI is InChI=1S/C13H24O/c1-10(14-3)13(2)8-11-5-4-6-12(7-11)9-13/h10-12H,4-9H2,1-3H3/t10-,11?,12?,13?/m0/s1. The summed E-state index contributed by atoms with van der Waals surface area (Å²) >= 11 is 0. The number of rotatable bonds is 2. The molecule has 0 aromatic heterocycles. The van der Waals surface area contributed by atoms with Gasteiger partial charge in [-0.25, -0.2) is 0 Å². The van der Waals surface area contributed by atoms with Crippen LogP contribution >= 0.6 is 0 Å². The maximum atomic E-state index is 5.56. The highest BCUT2D eigenvalue weighted by molar-refractivity contribution is 4.92. The Kier molecular flexibility index (Phi) is 2.88. The van der Waals surface area contributed by atoms with Crippen LogP contribution in [0.5, 0.6) is 0 Å². The molecule has 2 rings (SSSR count). The predicted octanol–water partition coefficient (Wildman–Crippen LogP) is 3.63. The van der Waals surface area contributed by atoms with Gasteiger partial charge in [-0.2, -0.15) is 0 Å². The number of methoxy groups -OCH3 is 1. The fraction of sp³-hybridized carbons (Fsp3) is 1.00. The summed E-state index contributed by atoms with van der Waals surface area (Å²) in [7, 11) is 1.86. The van der Waals surface area contributed by atoms with E-state index in [1.54, 1.807) is 0 Å². The smallest absolute Gasteiger partial charge is 0.0596 e. The third-order valence-corrected chi connectivity index (χ3v) is 4.74. The predicted molar refractivity (Wildman–Crippen MR) is 59.3 cm³/mol. The molecule has 2 bridgehead atoms. The second-order valence-corrected chi connectivity index (χ2v) is 5.84. The molecule has 0 aromatic carbocycles. The van der Waals surface area contributed by atoms with Crippen molar-refractivity contribution in [1.29, 1.82) is 0 Å². The first kappa shape index (κ1) is 10.5. The van der Waals surface area contributed by atoms with Crippen molar-refractivity contribution in [1.82, 2.24) is 0 Å². The molecule has 1 heteroatoms. The summed E-state index contributed by atoms with van der Waals surface area (Å²) in [6.45, 7) is 4.69. The second kappa shape index (κ2) is 3.84. The normalized spacial score (nSPS) is 44.8. The Labute approximate surface area is 88.2 Å². The van der Waals surface area contributed by atoms with Crippen LogP contribution in [0.3, 0.4) is 0 Å². The highest BCUT2D eigenvalue weighted by atomic mass is 16.5. The zero-order valence-electron chi connectivity index (χ0n) is 9.88. The lowest BCUT2D eigenvalue weighted by Crippen LogP contribution is -2.41. The van der Waals surface area contributed by atoms with Gasteiger partial charge in [-0.3, -0.25) is 0 Å². The lowest BCUT2D eigenvalue weighted by molar-refractivity contribution is -0.0508. The first-order chi connectivity index (χ1) is 6.64. The fourth-order valence-corrected chi connectivity index (χ4v) is 3.79. The van der Waals surface area contributed by atoms with E-state index in [1.807, 2.05) is 7.11 Å². The van der Waals surface area contributed by atoms with E-state index in [0.717, 1.165) is 11.8 Å². The molecule has 0 N–H and O–H groups in total. The molecule has 1 nitrogen and oxygen atoms in total. The minimum Gasteiger partial charge on any atom is -0.381 e. The van der Waals surface area contributed by atoms with Crippen molar-refractivity contribution in [2.75, 3.05) is 7.11 Å². The summed E-state index contributed by atoms with van der Waals surface area (Å²) in [5, 5.41) is 0. The van der Waals surface area contributed by atoms with Crippen LogP contribution < -0.4 is 0 Å². The SMILES string of the molecule is CO[C@@H](C)C1(C)CC2CCCC(C2)C1. The minimum atomic E-state index is 0.436. The molecule has 0 amide bonds. The molecule has 2 fully saturated rings. The van der Waals surface area contributed by atoms with Crippen LogP contribution in [0.4, 0.5) is 0 Å². The molecule has 3 atom stereocenters. The van der Waals surface area contributed by atoms with Crippen LogP contribution in [0, 0.1) is 17.3 Å². The first-order valence-corrected chi connectivity index (χ1v) is 6.17. The first-order valence-electron chi connectivity index (χ1n) is 6.17. The number of fused-ring (bicyclic) bond motifs is 2. The summed E-state index contributed by atoms with van der Waals surface area (Å²) in [5.41, 5.74) is 0.461. The van der Waals surface area contributed by atoms with Crippen molar-refractivity contribution < 1.29 is 4.74 Å². The molecule has 2 unspecified atom stereocenters. The van der Waals surface area contributed by atoms with Gasteiger partial charge >= 0.3 is 0 Å². The van der Waals surface area contributed by atoms with Crippen molar-refractivity contribution in [3.63, 3.8) is 0 Å². The van der Waals surface area contributed by atoms with Crippen molar-refractivity contribution in [2.45, 2.75) is 58.5 Å². The van der Waals surface area contributed by atoms with Gasteiger partial charge < -0.3 is 4.74 Å². The third kappa shape index (κ3) is 1.84. The maximum Gasteiger partial charge on any atom is 0.0596 e. The molecule has 82 valence electrons. The van der Waals surface area contributed by atoms with E-state index >= 15 is 0 Å². The Morgan fingerprint density at radius 3 is 2.29 bits per heavy atom. The lowest BCUT2D eigenvalue weighted by Gasteiger charge is -2.48. The highest BCUT2D eigenvalue weighted by Gasteiger charge is 2.42. The van der Waals surface area contributed by atoms with Crippen LogP contribution in [0.15, 0.2) is 0 Å². The van der Waals surface area contributed by atoms with Crippen LogP contribution in [0.1, 0.15) is 52.4 Å².